The number of carbonyl (C=O) groups excluding carboxylic acids is 2. The molecule has 1 saturated heterocycles. The predicted octanol–water partition coefficient (Wildman–Crippen LogP) is 2.59. The molecule has 1 fully saturated rings. The summed E-state index contributed by atoms with van der Waals surface area (Å²) in [6, 6.07) is 5.62. The Balaban J connectivity index is 1.77. The van der Waals surface area contributed by atoms with Crippen LogP contribution in [-0.2, 0) is 20.9 Å². The molecule has 1 aliphatic rings. The molecule has 1 unspecified atom stereocenters. The number of nitrogens with one attached hydrogen (secondary N) is 1. The van der Waals surface area contributed by atoms with E-state index >= 15 is 0 Å². The lowest BCUT2D eigenvalue weighted by atomic mass is 10.2. The van der Waals surface area contributed by atoms with Crippen molar-refractivity contribution in [3.05, 3.63) is 33.8 Å². The third-order valence-corrected chi connectivity index (χ3v) is 5.10. The van der Waals surface area contributed by atoms with Crippen LogP contribution >= 0.6 is 35.0 Å². The highest BCUT2D eigenvalue weighted by atomic mass is 35.5. The number of morpholine rings is 1. The zero-order valence-corrected chi connectivity index (χ0v) is 15.7. The number of benzene rings is 1. The lowest BCUT2D eigenvalue weighted by Gasteiger charge is -2.33. The lowest BCUT2D eigenvalue weighted by molar-refractivity contribution is -0.120. The largest absolute Gasteiger partial charge is 0.374 e. The Morgan fingerprint density at radius 1 is 1.38 bits per heavy atom. The molecule has 0 spiro atoms. The van der Waals surface area contributed by atoms with Gasteiger partial charge in [-0.25, -0.2) is 0 Å². The molecule has 132 valence electrons. The number of ether oxygens (including phenoxy) is 1. The number of carbonyl (C=O) groups is 2. The maximum absolute atomic E-state index is 11.7. The van der Waals surface area contributed by atoms with E-state index < -0.39 is 0 Å². The van der Waals surface area contributed by atoms with Gasteiger partial charge in [-0.1, -0.05) is 41.0 Å². The zero-order chi connectivity index (χ0) is 17.5. The topological polar surface area (TPSA) is 58.6 Å². The van der Waals surface area contributed by atoms with Gasteiger partial charge in [0, 0.05) is 33.1 Å². The monoisotopic (exact) mass is 390 g/mol. The molecule has 1 aliphatic heterocycles. The average molecular weight is 391 g/mol. The van der Waals surface area contributed by atoms with Crippen molar-refractivity contribution in [2.45, 2.75) is 19.6 Å². The van der Waals surface area contributed by atoms with Crippen LogP contribution < -0.4 is 5.32 Å². The molecule has 1 amide bonds. The van der Waals surface area contributed by atoms with E-state index in [1.54, 1.807) is 6.07 Å². The Bertz CT molecular complexity index is 601. The summed E-state index contributed by atoms with van der Waals surface area (Å²) in [5.41, 5.74) is 1.09. The maximum Gasteiger partial charge on any atom is 0.230 e. The van der Waals surface area contributed by atoms with Crippen LogP contribution in [0.1, 0.15) is 12.5 Å². The van der Waals surface area contributed by atoms with Gasteiger partial charge in [0.25, 0.3) is 0 Å². The highest BCUT2D eigenvalue weighted by molar-refractivity contribution is 8.14. The number of hydrogen-bond acceptors (Lipinski definition) is 5. The van der Waals surface area contributed by atoms with Crippen molar-refractivity contribution in [1.82, 2.24) is 10.2 Å². The van der Waals surface area contributed by atoms with E-state index in [4.69, 9.17) is 27.9 Å². The molecule has 0 radical (unpaired) electrons. The van der Waals surface area contributed by atoms with E-state index in [0.29, 0.717) is 23.2 Å². The number of hydrogen-bond donors (Lipinski definition) is 1. The molecule has 1 aromatic rings. The average Bonchev–Trinajstić information content (AvgIpc) is 2.55. The Morgan fingerprint density at radius 3 is 2.88 bits per heavy atom. The summed E-state index contributed by atoms with van der Waals surface area (Å²) in [6.45, 7) is 4.80. The first-order valence-corrected chi connectivity index (χ1v) is 9.36. The highest BCUT2D eigenvalue weighted by Gasteiger charge is 2.21. The van der Waals surface area contributed by atoms with Crippen molar-refractivity contribution < 1.29 is 14.3 Å². The molecule has 0 aromatic heterocycles. The van der Waals surface area contributed by atoms with Crippen LogP contribution in [0.15, 0.2) is 18.2 Å². The van der Waals surface area contributed by atoms with Crippen LogP contribution in [0.4, 0.5) is 0 Å². The van der Waals surface area contributed by atoms with Gasteiger partial charge in [0.2, 0.25) is 5.91 Å². The molecule has 1 N–H and O–H groups in total. The molecule has 0 aliphatic carbocycles. The standard InChI is InChI=1S/C16H20Cl2N2O3S/c1-11(21)24-10-16(22)19-7-13-9-20(4-5-23-13)8-12-2-3-14(17)15(18)6-12/h2-3,6,13H,4-5,7-10H2,1H3,(H,19,22). The minimum Gasteiger partial charge on any atom is -0.374 e. The van der Waals surface area contributed by atoms with Gasteiger partial charge in [-0.2, -0.15) is 0 Å². The summed E-state index contributed by atoms with van der Waals surface area (Å²) >= 11 is 13.0. The van der Waals surface area contributed by atoms with Gasteiger partial charge in [0.15, 0.2) is 5.12 Å². The first-order valence-electron chi connectivity index (χ1n) is 7.62. The van der Waals surface area contributed by atoms with E-state index in [-0.39, 0.29) is 22.9 Å². The predicted molar refractivity (Wildman–Crippen MR) is 97.6 cm³/mol. The van der Waals surface area contributed by atoms with Gasteiger partial charge < -0.3 is 10.1 Å². The molecule has 1 heterocycles. The molecule has 24 heavy (non-hydrogen) atoms. The van der Waals surface area contributed by atoms with Crippen LogP contribution in [0.5, 0.6) is 0 Å². The van der Waals surface area contributed by atoms with Crippen LogP contribution in [-0.4, -0.2) is 54.0 Å². The van der Waals surface area contributed by atoms with Crippen molar-refractivity contribution in [2.75, 3.05) is 32.0 Å². The number of halogens is 2. The molecule has 1 atom stereocenters. The second-order valence-electron chi connectivity index (χ2n) is 5.56. The van der Waals surface area contributed by atoms with Gasteiger partial charge in [-0.15, -0.1) is 0 Å². The highest BCUT2D eigenvalue weighted by Crippen LogP contribution is 2.23. The fourth-order valence-corrected chi connectivity index (χ4v) is 3.15. The van der Waals surface area contributed by atoms with Crippen LogP contribution in [0.25, 0.3) is 0 Å². The summed E-state index contributed by atoms with van der Waals surface area (Å²) in [7, 11) is 0. The second kappa shape index (κ2) is 9.63. The maximum atomic E-state index is 11.7. The molecule has 0 bridgehead atoms. The molecule has 1 aromatic carbocycles. The van der Waals surface area contributed by atoms with Crippen molar-refractivity contribution in [2.24, 2.45) is 0 Å². The van der Waals surface area contributed by atoms with Gasteiger partial charge in [0.05, 0.1) is 28.5 Å². The minimum atomic E-state index is -0.152. The normalized spacial score (nSPS) is 18.4. The fourth-order valence-electron chi connectivity index (χ4n) is 2.39. The molecule has 5 nitrogen and oxygen atoms in total. The van der Waals surface area contributed by atoms with Gasteiger partial charge in [0.1, 0.15) is 0 Å². The summed E-state index contributed by atoms with van der Waals surface area (Å²) in [5, 5.41) is 3.84. The summed E-state index contributed by atoms with van der Waals surface area (Å²) in [6.07, 6.45) is -0.0622. The van der Waals surface area contributed by atoms with E-state index in [2.05, 4.69) is 10.2 Å². The van der Waals surface area contributed by atoms with Crippen LogP contribution in [0, 0.1) is 0 Å². The summed E-state index contributed by atoms with van der Waals surface area (Å²) < 4.78 is 5.69. The Labute approximate surface area is 156 Å². The third-order valence-electron chi connectivity index (χ3n) is 3.55. The van der Waals surface area contributed by atoms with Gasteiger partial charge in [-0.05, 0) is 17.7 Å². The van der Waals surface area contributed by atoms with Gasteiger partial charge in [-0.3, -0.25) is 14.5 Å². The van der Waals surface area contributed by atoms with Crippen LogP contribution in [0.2, 0.25) is 10.0 Å². The second-order valence-corrected chi connectivity index (χ2v) is 7.53. The smallest absolute Gasteiger partial charge is 0.230 e. The van der Waals surface area contributed by atoms with E-state index in [0.717, 1.165) is 37.0 Å². The van der Waals surface area contributed by atoms with E-state index in [1.807, 2.05) is 12.1 Å². The lowest BCUT2D eigenvalue weighted by Crippen LogP contribution is -2.47. The third kappa shape index (κ3) is 6.61. The zero-order valence-electron chi connectivity index (χ0n) is 13.4. The molecule has 0 saturated carbocycles. The quantitative estimate of drug-likeness (QED) is 0.808. The minimum absolute atomic E-state index is 0.0622. The van der Waals surface area contributed by atoms with Gasteiger partial charge >= 0.3 is 0 Å². The summed E-state index contributed by atoms with van der Waals surface area (Å²) in [5.74, 6) is -0.00454. The first kappa shape index (κ1) is 19.5. The van der Waals surface area contributed by atoms with Crippen molar-refractivity contribution in [3.8, 4) is 0 Å². The summed E-state index contributed by atoms with van der Waals surface area (Å²) in [4.78, 5) is 24.8. The molecule has 8 heteroatoms. The van der Waals surface area contributed by atoms with Crippen molar-refractivity contribution in [1.29, 1.82) is 0 Å². The SMILES string of the molecule is CC(=O)SCC(=O)NCC1CN(Cc2ccc(Cl)c(Cl)c2)CCO1. The van der Waals surface area contributed by atoms with Crippen molar-refractivity contribution in [3.63, 3.8) is 0 Å². The van der Waals surface area contributed by atoms with E-state index in [1.165, 1.54) is 6.92 Å². The molecular formula is C16H20Cl2N2O3S. The number of thioether (sulfide) groups is 1. The van der Waals surface area contributed by atoms with E-state index in [9.17, 15) is 9.59 Å². The van der Waals surface area contributed by atoms with Crippen LogP contribution in [0.3, 0.4) is 0 Å². The Hall–Kier alpha value is -0.790. The number of amides is 1. The fraction of sp³-hybridized carbons (Fsp3) is 0.500. The van der Waals surface area contributed by atoms with Crippen molar-refractivity contribution >= 4 is 46.0 Å². The molecular weight excluding hydrogens is 371 g/mol. The Morgan fingerprint density at radius 2 is 2.17 bits per heavy atom. The molecule has 2 rings (SSSR count). The number of nitrogens with zero attached hydrogens (tertiary/aromatic N) is 1. The number of rotatable bonds is 6. The Kier molecular flexibility index (Phi) is 7.84. The first-order chi connectivity index (χ1) is 11.4.